The van der Waals surface area contributed by atoms with Gasteiger partial charge < -0.3 is 9.47 Å². The van der Waals surface area contributed by atoms with E-state index in [0.717, 1.165) is 5.56 Å². The Bertz CT molecular complexity index is 1250. The Morgan fingerprint density at radius 3 is 1.57 bits per heavy atom. The molecular formula is C33H35O3S+. The van der Waals surface area contributed by atoms with Gasteiger partial charge in [-0.1, -0.05) is 81.4 Å². The molecule has 0 amide bonds. The van der Waals surface area contributed by atoms with Gasteiger partial charge in [0.05, 0.1) is 10.9 Å². The van der Waals surface area contributed by atoms with Gasteiger partial charge in [-0.25, -0.2) is 4.79 Å². The standard InChI is InChI=1S/C33H35O3S/c1-32(2,3)25-16-18-26(19-17-25)33(4,5)36-31(34)24-35-27-20-22-30(23-21-27)37(28-12-8-6-9-13-28)29-14-10-7-11-15-29/h6-23H,24H2,1-5H3/q+1. The molecule has 0 spiro atoms. The number of carbonyl (C=O) groups is 1. The summed E-state index contributed by atoms with van der Waals surface area (Å²) in [7, 11) is -0.225. The summed E-state index contributed by atoms with van der Waals surface area (Å²) < 4.78 is 11.6. The molecule has 0 fully saturated rings. The molecule has 0 radical (unpaired) electrons. The first-order valence-electron chi connectivity index (χ1n) is 12.5. The Morgan fingerprint density at radius 2 is 1.08 bits per heavy atom. The van der Waals surface area contributed by atoms with Crippen molar-refractivity contribution in [2.45, 2.75) is 60.3 Å². The first-order chi connectivity index (χ1) is 17.6. The maximum Gasteiger partial charge on any atom is 0.345 e. The Kier molecular flexibility index (Phi) is 8.09. The minimum absolute atomic E-state index is 0.0748. The number of carbonyl (C=O) groups excluding carboxylic acids is 1. The van der Waals surface area contributed by atoms with E-state index in [1.165, 1.54) is 20.2 Å². The molecular weight excluding hydrogens is 476 g/mol. The third kappa shape index (κ3) is 6.84. The van der Waals surface area contributed by atoms with Crippen molar-refractivity contribution in [1.82, 2.24) is 0 Å². The van der Waals surface area contributed by atoms with Crippen molar-refractivity contribution >= 4 is 16.9 Å². The molecule has 0 aliphatic heterocycles. The van der Waals surface area contributed by atoms with Gasteiger partial charge in [0, 0.05) is 0 Å². The van der Waals surface area contributed by atoms with Crippen LogP contribution in [-0.2, 0) is 31.4 Å². The second kappa shape index (κ2) is 11.3. The maximum atomic E-state index is 12.6. The molecule has 37 heavy (non-hydrogen) atoms. The van der Waals surface area contributed by atoms with Gasteiger partial charge in [-0.3, -0.25) is 0 Å². The highest BCUT2D eigenvalue weighted by Gasteiger charge is 2.29. The molecule has 3 nitrogen and oxygen atoms in total. The molecule has 0 unspecified atom stereocenters. The monoisotopic (exact) mass is 511 g/mol. The van der Waals surface area contributed by atoms with Crippen LogP contribution in [-0.4, -0.2) is 12.6 Å². The summed E-state index contributed by atoms with van der Waals surface area (Å²) in [6.07, 6.45) is 0. The third-order valence-corrected chi connectivity index (χ3v) is 8.42. The van der Waals surface area contributed by atoms with Crippen molar-refractivity contribution in [2.75, 3.05) is 6.61 Å². The van der Waals surface area contributed by atoms with Crippen LogP contribution < -0.4 is 4.74 Å². The second-order valence-corrected chi connectivity index (χ2v) is 12.5. The van der Waals surface area contributed by atoms with E-state index < -0.39 is 11.6 Å². The van der Waals surface area contributed by atoms with Crippen LogP contribution in [0.5, 0.6) is 5.75 Å². The molecule has 4 aromatic carbocycles. The summed E-state index contributed by atoms with van der Waals surface area (Å²) >= 11 is 0. The topological polar surface area (TPSA) is 35.5 Å². The lowest BCUT2D eigenvalue weighted by molar-refractivity contribution is -0.159. The van der Waals surface area contributed by atoms with E-state index >= 15 is 0 Å². The molecule has 190 valence electrons. The SMILES string of the molecule is CC(C)(C)c1ccc(C(C)(C)OC(=O)COc2ccc([S+](c3ccccc3)c3ccccc3)cc2)cc1. The molecule has 4 rings (SSSR count). The zero-order valence-corrected chi connectivity index (χ0v) is 23.0. The summed E-state index contributed by atoms with van der Waals surface area (Å²) in [4.78, 5) is 16.3. The van der Waals surface area contributed by atoms with Gasteiger partial charge in [0.1, 0.15) is 11.4 Å². The lowest BCUT2D eigenvalue weighted by atomic mass is 9.85. The molecule has 0 aliphatic rings. The highest BCUT2D eigenvalue weighted by atomic mass is 32.2. The van der Waals surface area contributed by atoms with E-state index in [-0.39, 0.29) is 22.9 Å². The average Bonchev–Trinajstić information content (AvgIpc) is 2.89. The van der Waals surface area contributed by atoms with Crippen molar-refractivity contribution in [3.63, 3.8) is 0 Å². The number of rotatable bonds is 8. The van der Waals surface area contributed by atoms with Gasteiger partial charge in [-0.2, -0.15) is 0 Å². The van der Waals surface area contributed by atoms with Crippen molar-refractivity contribution in [3.8, 4) is 5.75 Å². The molecule has 4 heteroatoms. The highest BCUT2D eigenvalue weighted by Crippen LogP contribution is 2.32. The average molecular weight is 512 g/mol. The number of hydrogen-bond acceptors (Lipinski definition) is 3. The molecule has 0 bridgehead atoms. The summed E-state index contributed by atoms with van der Waals surface area (Å²) in [5.41, 5.74) is 1.52. The van der Waals surface area contributed by atoms with Gasteiger partial charge in [-0.05, 0) is 78.9 Å². The maximum absolute atomic E-state index is 12.6. The molecule has 0 saturated heterocycles. The molecule has 4 aromatic rings. The third-order valence-electron chi connectivity index (χ3n) is 6.19. The van der Waals surface area contributed by atoms with Crippen LogP contribution in [0.25, 0.3) is 0 Å². The molecule has 0 heterocycles. The summed E-state index contributed by atoms with van der Waals surface area (Å²) in [5.74, 6) is 0.236. The van der Waals surface area contributed by atoms with Gasteiger partial charge in [-0.15, -0.1) is 0 Å². The Morgan fingerprint density at radius 1 is 0.622 bits per heavy atom. The van der Waals surface area contributed by atoms with Crippen molar-refractivity contribution in [1.29, 1.82) is 0 Å². The van der Waals surface area contributed by atoms with Crippen molar-refractivity contribution < 1.29 is 14.3 Å². The summed E-state index contributed by atoms with van der Waals surface area (Å²) in [5, 5.41) is 0. The minimum atomic E-state index is -0.750. The number of ether oxygens (including phenoxy) is 2. The lowest BCUT2D eigenvalue weighted by Gasteiger charge is -2.27. The van der Waals surface area contributed by atoms with Crippen molar-refractivity contribution in [2.24, 2.45) is 0 Å². The van der Waals surface area contributed by atoms with E-state index in [0.29, 0.717) is 5.75 Å². The Balaban J connectivity index is 1.40. The van der Waals surface area contributed by atoms with E-state index in [1.54, 1.807) is 0 Å². The molecule has 0 aromatic heterocycles. The quantitative estimate of drug-likeness (QED) is 0.178. The second-order valence-electron chi connectivity index (χ2n) is 10.5. The zero-order chi connectivity index (χ0) is 26.5. The van der Waals surface area contributed by atoms with Crippen LogP contribution in [0.1, 0.15) is 45.7 Å². The summed E-state index contributed by atoms with van der Waals surface area (Å²) in [6, 6.07) is 37.3. The van der Waals surface area contributed by atoms with E-state index in [4.69, 9.17) is 9.47 Å². The van der Waals surface area contributed by atoms with Gasteiger partial charge in [0.25, 0.3) is 0 Å². The largest absolute Gasteiger partial charge is 0.482 e. The number of benzene rings is 4. The van der Waals surface area contributed by atoms with Crippen LogP contribution >= 0.6 is 0 Å². The fourth-order valence-corrected chi connectivity index (χ4v) is 6.16. The molecule has 0 atom stereocenters. The highest BCUT2D eigenvalue weighted by molar-refractivity contribution is 7.97. The van der Waals surface area contributed by atoms with Crippen LogP contribution in [0.2, 0.25) is 0 Å². The lowest BCUT2D eigenvalue weighted by Crippen LogP contribution is -2.28. The van der Waals surface area contributed by atoms with Crippen LogP contribution in [0.15, 0.2) is 124 Å². The predicted octanol–water partition coefficient (Wildman–Crippen LogP) is 7.94. The van der Waals surface area contributed by atoms with Gasteiger partial charge in [0.2, 0.25) is 0 Å². The first kappa shape index (κ1) is 26.6. The van der Waals surface area contributed by atoms with Gasteiger partial charge >= 0.3 is 5.97 Å². The fourth-order valence-electron chi connectivity index (χ4n) is 4.08. The molecule has 0 N–H and O–H groups in total. The van der Waals surface area contributed by atoms with Crippen molar-refractivity contribution in [3.05, 3.63) is 120 Å². The fraction of sp³-hybridized carbons (Fsp3) is 0.242. The van der Waals surface area contributed by atoms with E-state index in [1.807, 2.05) is 50.2 Å². The zero-order valence-electron chi connectivity index (χ0n) is 22.2. The van der Waals surface area contributed by atoms with Gasteiger partial charge in [0.15, 0.2) is 21.3 Å². The smallest absolute Gasteiger partial charge is 0.345 e. The Labute approximate surface area is 223 Å². The normalized spacial score (nSPS) is 11.8. The van der Waals surface area contributed by atoms with Crippen LogP contribution in [0, 0.1) is 0 Å². The minimum Gasteiger partial charge on any atom is -0.482 e. The molecule has 0 saturated carbocycles. The number of hydrogen-bond donors (Lipinski definition) is 0. The molecule has 0 aliphatic carbocycles. The van der Waals surface area contributed by atoms with E-state index in [2.05, 4.69) is 93.6 Å². The predicted molar refractivity (Wildman–Crippen MR) is 151 cm³/mol. The first-order valence-corrected chi connectivity index (χ1v) is 13.8. The van der Waals surface area contributed by atoms with Crippen LogP contribution in [0.3, 0.4) is 0 Å². The number of esters is 1. The van der Waals surface area contributed by atoms with E-state index in [9.17, 15) is 4.79 Å². The Hall–Kier alpha value is -3.50. The van der Waals surface area contributed by atoms with Crippen LogP contribution in [0.4, 0.5) is 0 Å². The summed E-state index contributed by atoms with van der Waals surface area (Å²) in [6.45, 7) is 10.2.